The molecule has 1 N–H and O–H groups in total. The maximum Gasteiger partial charge on any atom is 0.206 e. The first-order chi connectivity index (χ1) is 13.6. The summed E-state index contributed by atoms with van der Waals surface area (Å²) in [6.07, 6.45) is 5.03. The Morgan fingerprint density at radius 2 is 1.96 bits per heavy atom. The molecule has 0 radical (unpaired) electrons. The van der Waals surface area contributed by atoms with Crippen molar-refractivity contribution in [3.05, 3.63) is 42.0 Å². The lowest BCUT2D eigenvalue weighted by molar-refractivity contribution is 0.247. The molecule has 1 aliphatic rings. The predicted octanol–water partition coefficient (Wildman–Crippen LogP) is 2.12. The summed E-state index contributed by atoms with van der Waals surface area (Å²) in [4.78, 5) is 9.37. The molecule has 1 fully saturated rings. The standard InChI is InChI=1S/C20H28N8/c1-15(2)10-16-4-5-18(20-22-24-25-23-20)19(11-16)28-8-6-27(7-9-28)13-17-12-26(3)14-21-17/h4-5,11-12,14-15H,6-10,13H2,1-3H3,(H,22,23,24,25). The van der Waals surface area contributed by atoms with Crippen molar-refractivity contribution >= 4 is 5.69 Å². The summed E-state index contributed by atoms with van der Waals surface area (Å²) in [6.45, 7) is 9.38. The van der Waals surface area contributed by atoms with Crippen molar-refractivity contribution in [2.24, 2.45) is 13.0 Å². The van der Waals surface area contributed by atoms with Gasteiger partial charge >= 0.3 is 0 Å². The van der Waals surface area contributed by atoms with Gasteiger partial charge in [-0.3, -0.25) is 4.90 Å². The number of nitrogens with zero attached hydrogens (tertiary/aromatic N) is 7. The van der Waals surface area contributed by atoms with Crippen LogP contribution >= 0.6 is 0 Å². The van der Waals surface area contributed by atoms with Crippen LogP contribution < -0.4 is 4.90 Å². The lowest BCUT2D eigenvalue weighted by Gasteiger charge is -2.36. The van der Waals surface area contributed by atoms with E-state index in [9.17, 15) is 0 Å². The van der Waals surface area contributed by atoms with E-state index >= 15 is 0 Å². The zero-order valence-corrected chi connectivity index (χ0v) is 16.8. The van der Waals surface area contributed by atoms with Gasteiger partial charge in [0.25, 0.3) is 0 Å². The number of aromatic nitrogens is 6. The molecule has 0 amide bonds. The van der Waals surface area contributed by atoms with E-state index in [4.69, 9.17) is 0 Å². The van der Waals surface area contributed by atoms with Crippen molar-refractivity contribution in [2.45, 2.75) is 26.8 Å². The molecular weight excluding hydrogens is 352 g/mol. The van der Waals surface area contributed by atoms with Crippen LogP contribution in [0.15, 0.2) is 30.7 Å². The predicted molar refractivity (Wildman–Crippen MR) is 109 cm³/mol. The van der Waals surface area contributed by atoms with Crippen molar-refractivity contribution < 1.29 is 0 Å². The molecule has 8 heteroatoms. The van der Waals surface area contributed by atoms with Crippen LogP contribution in [0.2, 0.25) is 0 Å². The smallest absolute Gasteiger partial charge is 0.206 e. The highest BCUT2D eigenvalue weighted by Crippen LogP contribution is 2.31. The minimum Gasteiger partial charge on any atom is -0.368 e. The van der Waals surface area contributed by atoms with E-state index in [1.807, 2.05) is 17.9 Å². The number of H-pyrrole nitrogens is 1. The molecule has 0 saturated carbocycles. The molecule has 2 aromatic heterocycles. The van der Waals surface area contributed by atoms with Crippen LogP contribution in [0, 0.1) is 5.92 Å². The average Bonchev–Trinajstić information content (AvgIpc) is 3.34. The quantitative estimate of drug-likeness (QED) is 0.706. The molecule has 0 unspecified atom stereocenters. The summed E-state index contributed by atoms with van der Waals surface area (Å²) in [5, 5.41) is 14.7. The summed E-state index contributed by atoms with van der Waals surface area (Å²) in [7, 11) is 2.01. The summed E-state index contributed by atoms with van der Waals surface area (Å²) < 4.78 is 2.00. The Bertz CT molecular complexity index is 891. The van der Waals surface area contributed by atoms with Crippen molar-refractivity contribution in [3.63, 3.8) is 0 Å². The number of hydrogen-bond donors (Lipinski definition) is 1. The fourth-order valence-electron chi connectivity index (χ4n) is 3.83. The summed E-state index contributed by atoms with van der Waals surface area (Å²) in [6, 6.07) is 6.63. The van der Waals surface area contributed by atoms with Crippen LogP contribution in [0.25, 0.3) is 11.4 Å². The number of nitrogens with one attached hydrogen (secondary N) is 1. The van der Waals surface area contributed by atoms with Gasteiger partial charge in [-0.2, -0.15) is 5.21 Å². The van der Waals surface area contributed by atoms with E-state index in [0.29, 0.717) is 11.7 Å². The monoisotopic (exact) mass is 380 g/mol. The molecular formula is C20H28N8. The van der Waals surface area contributed by atoms with Gasteiger partial charge in [-0.05, 0) is 35.2 Å². The van der Waals surface area contributed by atoms with E-state index in [-0.39, 0.29) is 0 Å². The van der Waals surface area contributed by atoms with Gasteiger partial charge in [-0.25, -0.2) is 4.98 Å². The fraction of sp³-hybridized carbons (Fsp3) is 0.500. The normalized spacial score (nSPS) is 15.5. The molecule has 1 saturated heterocycles. The average molecular weight is 381 g/mol. The topological polar surface area (TPSA) is 78.8 Å². The number of benzene rings is 1. The molecule has 4 rings (SSSR count). The van der Waals surface area contributed by atoms with Crippen LogP contribution in [0.5, 0.6) is 0 Å². The van der Waals surface area contributed by atoms with Gasteiger partial charge in [0.05, 0.1) is 12.0 Å². The van der Waals surface area contributed by atoms with Gasteiger partial charge < -0.3 is 9.47 Å². The van der Waals surface area contributed by atoms with E-state index < -0.39 is 0 Å². The van der Waals surface area contributed by atoms with Crippen molar-refractivity contribution in [2.75, 3.05) is 31.1 Å². The second-order valence-corrected chi connectivity index (χ2v) is 7.98. The summed E-state index contributed by atoms with van der Waals surface area (Å²) in [5.74, 6) is 1.28. The lowest BCUT2D eigenvalue weighted by Crippen LogP contribution is -2.46. The first kappa shape index (κ1) is 18.6. The maximum atomic E-state index is 4.45. The Balaban J connectivity index is 1.51. The minimum absolute atomic E-state index is 0.624. The molecule has 8 nitrogen and oxygen atoms in total. The zero-order chi connectivity index (χ0) is 19.5. The van der Waals surface area contributed by atoms with Crippen LogP contribution in [-0.4, -0.2) is 61.3 Å². The maximum absolute atomic E-state index is 4.45. The Kier molecular flexibility index (Phi) is 5.38. The highest BCUT2D eigenvalue weighted by atomic mass is 15.5. The fourth-order valence-corrected chi connectivity index (χ4v) is 3.83. The SMILES string of the molecule is CC(C)Cc1ccc(-c2nn[nH]n2)c(N2CCN(Cc3cn(C)cn3)CC2)c1. The number of aryl methyl sites for hydroxylation is 1. The Hall–Kier alpha value is -2.74. The Labute approximate surface area is 165 Å². The zero-order valence-electron chi connectivity index (χ0n) is 16.8. The van der Waals surface area contributed by atoms with Gasteiger partial charge in [0.2, 0.25) is 5.82 Å². The third-order valence-electron chi connectivity index (χ3n) is 5.15. The molecule has 0 atom stereocenters. The van der Waals surface area contributed by atoms with E-state index in [1.165, 1.54) is 11.3 Å². The highest BCUT2D eigenvalue weighted by Gasteiger charge is 2.22. The Morgan fingerprint density at radius 3 is 2.61 bits per heavy atom. The van der Waals surface area contributed by atoms with Gasteiger partial charge in [0.1, 0.15) is 0 Å². The molecule has 148 valence electrons. The van der Waals surface area contributed by atoms with E-state index in [0.717, 1.165) is 50.4 Å². The summed E-state index contributed by atoms with van der Waals surface area (Å²) in [5.41, 5.74) is 4.73. The van der Waals surface area contributed by atoms with Crippen molar-refractivity contribution in [1.29, 1.82) is 0 Å². The number of piperazine rings is 1. The van der Waals surface area contributed by atoms with Crippen LogP contribution in [0.4, 0.5) is 5.69 Å². The third kappa shape index (κ3) is 4.22. The first-order valence-corrected chi connectivity index (χ1v) is 9.89. The minimum atomic E-state index is 0.624. The van der Waals surface area contributed by atoms with Gasteiger partial charge in [0, 0.05) is 57.2 Å². The number of imidazole rings is 1. The molecule has 28 heavy (non-hydrogen) atoms. The van der Waals surface area contributed by atoms with E-state index in [2.05, 4.69) is 73.7 Å². The number of aromatic amines is 1. The molecule has 0 spiro atoms. The van der Waals surface area contributed by atoms with Crippen molar-refractivity contribution in [3.8, 4) is 11.4 Å². The number of tetrazole rings is 1. The molecule has 1 aliphatic heterocycles. The second-order valence-electron chi connectivity index (χ2n) is 7.98. The lowest BCUT2D eigenvalue weighted by atomic mass is 9.99. The molecule has 1 aromatic carbocycles. The van der Waals surface area contributed by atoms with Crippen molar-refractivity contribution in [1.82, 2.24) is 35.1 Å². The molecule has 0 bridgehead atoms. The van der Waals surface area contributed by atoms with Crippen LogP contribution in [0.1, 0.15) is 25.1 Å². The molecule has 3 aromatic rings. The third-order valence-corrected chi connectivity index (χ3v) is 5.15. The van der Waals surface area contributed by atoms with Gasteiger partial charge in [0.15, 0.2) is 0 Å². The molecule has 3 heterocycles. The highest BCUT2D eigenvalue weighted by molar-refractivity contribution is 5.75. The number of hydrogen-bond acceptors (Lipinski definition) is 6. The van der Waals surface area contributed by atoms with Gasteiger partial charge in [-0.15, -0.1) is 10.2 Å². The largest absolute Gasteiger partial charge is 0.368 e. The second kappa shape index (κ2) is 8.10. The number of anilines is 1. The Morgan fingerprint density at radius 1 is 1.14 bits per heavy atom. The first-order valence-electron chi connectivity index (χ1n) is 9.89. The summed E-state index contributed by atoms with van der Waals surface area (Å²) >= 11 is 0. The van der Waals surface area contributed by atoms with Crippen LogP contribution in [0.3, 0.4) is 0 Å². The van der Waals surface area contributed by atoms with Crippen LogP contribution in [-0.2, 0) is 20.0 Å². The molecule has 0 aliphatic carbocycles. The number of rotatable bonds is 6. The van der Waals surface area contributed by atoms with Gasteiger partial charge in [-0.1, -0.05) is 19.9 Å². The van der Waals surface area contributed by atoms with E-state index in [1.54, 1.807) is 0 Å².